The lowest BCUT2D eigenvalue weighted by molar-refractivity contribution is 0.144. The van der Waals surface area contributed by atoms with Crippen LogP contribution in [0.2, 0.25) is 0 Å². The van der Waals surface area contributed by atoms with E-state index in [0.29, 0.717) is 23.6 Å². The fraction of sp³-hybridized carbons (Fsp3) is 0.269. The molecule has 8 nitrogen and oxygen atoms in total. The van der Waals surface area contributed by atoms with E-state index >= 15 is 0 Å². The van der Waals surface area contributed by atoms with Gasteiger partial charge in [-0.3, -0.25) is 0 Å². The number of anilines is 1. The molecule has 2 aromatic carbocycles. The number of amides is 1. The van der Waals surface area contributed by atoms with Gasteiger partial charge in [-0.15, -0.1) is 0 Å². The fourth-order valence-electron chi connectivity index (χ4n) is 4.86. The van der Waals surface area contributed by atoms with Gasteiger partial charge in [0.2, 0.25) is 14.9 Å². The van der Waals surface area contributed by atoms with E-state index in [1.54, 1.807) is 7.11 Å². The molecule has 0 atom stereocenters. The largest absolute Gasteiger partial charge is 0.494 e. The van der Waals surface area contributed by atoms with Crippen LogP contribution in [0.4, 0.5) is 10.5 Å². The van der Waals surface area contributed by atoms with E-state index in [9.17, 15) is 18.3 Å². The third-order valence-electron chi connectivity index (χ3n) is 6.72. The molecule has 3 aromatic rings. The molecule has 1 aliphatic carbocycles. The third kappa shape index (κ3) is 4.05. The summed E-state index contributed by atoms with van der Waals surface area (Å²) in [6, 6.07) is 19.0. The summed E-state index contributed by atoms with van der Waals surface area (Å²) >= 11 is 0. The van der Waals surface area contributed by atoms with Gasteiger partial charge in [-0.2, -0.15) is 0 Å². The summed E-state index contributed by atoms with van der Waals surface area (Å²) in [6.07, 6.45) is 2.57. The number of ether oxygens (including phenoxy) is 1. The number of hydrogen-bond donors (Lipinski definition) is 2. The second-order valence-corrected chi connectivity index (χ2v) is 10.9. The highest BCUT2D eigenvalue weighted by atomic mass is 32.2. The number of furan rings is 1. The lowest BCUT2D eigenvalue weighted by Crippen LogP contribution is -2.50. The highest BCUT2D eigenvalue weighted by molar-refractivity contribution is 7.90. The number of nitrogens with zero attached hydrogens (tertiary/aromatic N) is 1. The number of sulfone groups is 1. The van der Waals surface area contributed by atoms with Gasteiger partial charge in [-0.1, -0.05) is 42.5 Å². The number of carboxylic acid groups (broad SMARTS) is 1. The quantitative estimate of drug-likeness (QED) is 0.506. The van der Waals surface area contributed by atoms with Crippen molar-refractivity contribution in [1.29, 1.82) is 0 Å². The lowest BCUT2D eigenvalue weighted by atomic mass is 9.72. The molecule has 9 heteroatoms. The Morgan fingerprint density at radius 2 is 1.80 bits per heavy atom. The van der Waals surface area contributed by atoms with Crippen molar-refractivity contribution in [2.45, 2.75) is 36.4 Å². The van der Waals surface area contributed by atoms with Crippen molar-refractivity contribution in [3.05, 3.63) is 83.1 Å². The number of carbonyl (C=O) groups is 1. The Bertz CT molecular complexity index is 1400. The molecule has 0 radical (unpaired) electrons. The van der Waals surface area contributed by atoms with E-state index in [2.05, 4.69) is 5.32 Å². The summed E-state index contributed by atoms with van der Waals surface area (Å²) in [6.45, 7) is 0.305. The van der Waals surface area contributed by atoms with Crippen LogP contribution in [0.15, 0.2) is 70.2 Å². The van der Waals surface area contributed by atoms with Crippen LogP contribution in [0, 0.1) is 0 Å². The van der Waals surface area contributed by atoms with Crippen LogP contribution in [0.3, 0.4) is 0 Å². The molecule has 0 unspecified atom stereocenters. The zero-order chi connectivity index (χ0) is 24.8. The van der Waals surface area contributed by atoms with Crippen molar-refractivity contribution in [2.75, 3.05) is 18.3 Å². The second-order valence-electron chi connectivity index (χ2n) is 8.92. The van der Waals surface area contributed by atoms with Crippen molar-refractivity contribution in [2.24, 2.45) is 0 Å². The molecule has 1 saturated carbocycles. The Balaban J connectivity index is 1.61. The van der Waals surface area contributed by atoms with Crippen LogP contribution in [0.25, 0.3) is 11.5 Å². The summed E-state index contributed by atoms with van der Waals surface area (Å²) in [5, 5.41) is 11.9. The summed E-state index contributed by atoms with van der Waals surface area (Å²) in [5.41, 5.74) is 3.51. The Hall–Kier alpha value is -3.72. The van der Waals surface area contributed by atoms with Gasteiger partial charge in [0.15, 0.2) is 5.76 Å². The summed E-state index contributed by atoms with van der Waals surface area (Å²) < 4.78 is 35.9. The maximum atomic E-state index is 12.2. The maximum absolute atomic E-state index is 12.2. The number of nitrogens with one attached hydrogen (secondary N) is 1. The molecule has 2 aliphatic rings. The van der Waals surface area contributed by atoms with E-state index in [1.165, 1.54) is 6.07 Å². The van der Waals surface area contributed by atoms with Gasteiger partial charge in [0.25, 0.3) is 0 Å². The zero-order valence-electron chi connectivity index (χ0n) is 19.4. The normalized spacial score (nSPS) is 16.9. The van der Waals surface area contributed by atoms with E-state index in [4.69, 9.17) is 9.15 Å². The van der Waals surface area contributed by atoms with E-state index in [0.717, 1.165) is 48.0 Å². The van der Waals surface area contributed by atoms with Gasteiger partial charge in [-0.05, 0) is 37.0 Å². The predicted molar refractivity (Wildman–Crippen MR) is 131 cm³/mol. The standard InChI is InChI=1S/C26H26N2O6S/c1-33-24-20-15-22(35(2,31)32)34-21(20)16-28(23(24)17-7-4-3-5-8-17)19-11-9-18(10-12-19)26(13-6-14-26)27-25(29)30/h3-5,7-12,15,27H,6,13-14,16H2,1-2H3,(H,29,30). The van der Waals surface area contributed by atoms with Crippen molar-refractivity contribution in [3.63, 3.8) is 0 Å². The first-order chi connectivity index (χ1) is 16.7. The van der Waals surface area contributed by atoms with E-state index in [1.807, 2.05) is 59.5 Å². The molecular formula is C26H26N2O6S. The molecule has 182 valence electrons. The first kappa shape index (κ1) is 23.0. The van der Waals surface area contributed by atoms with Crippen LogP contribution in [-0.2, 0) is 26.7 Å². The molecule has 1 aromatic heterocycles. The molecular weight excluding hydrogens is 468 g/mol. The van der Waals surface area contributed by atoms with Gasteiger partial charge >= 0.3 is 6.09 Å². The number of fused-ring (bicyclic) bond motifs is 1. The fourth-order valence-corrected chi connectivity index (χ4v) is 5.44. The molecule has 1 fully saturated rings. The Kier molecular flexibility index (Phi) is 5.59. The minimum absolute atomic E-state index is 0.103. The summed E-state index contributed by atoms with van der Waals surface area (Å²) in [5.74, 6) is 1.01. The van der Waals surface area contributed by atoms with Crippen molar-refractivity contribution in [1.82, 2.24) is 5.32 Å². The summed E-state index contributed by atoms with van der Waals surface area (Å²) in [7, 11) is -1.98. The summed E-state index contributed by atoms with van der Waals surface area (Å²) in [4.78, 5) is 13.4. The topological polar surface area (TPSA) is 109 Å². The van der Waals surface area contributed by atoms with Gasteiger partial charge < -0.3 is 24.5 Å². The van der Waals surface area contributed by atoms with Crippen LogP contribution in [-0.4, -0.2) is 33.0 Å². The van der Waals surface area contributed by atoms with Gasteiger partial charge in [0, 0.05) is 23.6 Å². The highest BCUT2D eigenvalue weighted by Crippen LogP contribution is 2.44. The molecule has 0 bridgehead atoms. The molecule has 5 rings (SSSR count). The average Bonchev–Trinajstić information content (AvgIpc) is 3.25. The SMILES string of the molecule is COC1=C(c2ccccc2)N(c2ccc(C3(NC(=O)O)CCC3)cc2)Cc2oc(S(C)(=O)=O)cc21. The molecule has 0 spiro atoms. The first-order valence-electron chi connectivity index (χ1n) is 11.3. The van der Waals surface area contributed by atoms with E-state index in [-0.39, 0.29) is 5.09 Å². The molecule has 2 N–H and O–H groups in total. The van der Waals surface area contributed by atoms with Crippen molar-refractivity contribution < 1.29 is 27.5 Å². The van der Waals surface area contributed by atoms with Gasteiger partial charge in [-0.25, -0.2) is 13.2 Å². The monoisotopic (exact) mass is 494 g/mol. The number of hydrogen-bond acceptors (Lipinski definition) is 6. The molecule has 1 amide bonds. The smallest absolute Gasteiger partial charge is 0.405 e. The first-order valence-corrected chi connectivity index (χ1v) is 13.2. The van der Waals surface area contributed by atoms with Crippen molar-refractivity contribution >= 4 is 33.1 Å². The second kappa shape index (κ2) is 8.49. The number of benzene rings is 2. The number of rotatable bonds is 6. The van der Waals surface area contributed by atoms with Crippen molar-refractivity contribution in [3.8, 4) is 0 Å². The average molecular weight is 495 g/mol. The lowest BCUT2D eigenvalue weighted by Gasteiger charge is -2.42. The zero-order valence-corrected chi connectivity index (χ0v) is 20.3. The van der Waals surface area contributed by atoms with E-state index < -0.39 is 21.5 Å². The maximum Gasteiger partial charge on any atom is 0.405 e. The van der Waals surface area contributed by atoms with Crippen LogP contribution in [0.1, 0.15) is 41.7 Å². The highest BCUT2D eigenvalue weighted by Gasteiger charge is 2.40. The van der Waals surface area contributed by atoms with Crippen LogP contribution in [0.5, 0.6) is 0 Å². The van der Waals surface area contributed by atoms with Gasteiger partial charge in [0.05, 0.1) is 30.5 Å². The molecule has 35 heavy (non-hydrogen) atoms. The third-order valence-corrected chi connectivity index (χ3v) is 7.65. The van der Waals surface area contributed by atoms with Crippen LogP contribution < -0.4 is 10.2 Å². The molecule has 0 saturated heterocycles. The Morgan fingerprint density at radius 3 is 2.34 bits per heavy atom. The number of methoxy groups -OCH3 is 1. The minimum Gasteiger partial charge on any atom is -0.494 e. The van der Waals surface area contributed by atoms with Crippen LogP contribution >= 0.6 is 0 Å². The predicted octanol–water partition coefficient (Wildman–Crippen LogP) is 4.82. The Labute approximate surface area is 203 Å². The minimum atomic E-state index is -3.54. The molecule has 2 heterocycles. The van der Waals surface area contributed by atoms with Gasteiger partial charge in [0.1, 0.15) is 5.76 Å². The molecule has 1 aliphatic heterocycles. The Morgan fingerprint density at radius 1 is 1.11 bits per heavy atom.